The van der Waals surface area contributed by atoms with E-state index in [1.807, 2.05) is 18.2 Å². The van der Waals surface area contributed by atoms with Gasteiger partial charge in [0.15, 0.2) is 11.5 Å². The zero-order valence-corrected chi connectivity index (χ0v) is 15.6. The highest BCUT2D eigenvalue weighted by atomic mass is 16.7. The number of hydrogen-bond donors (Lipinski definition) is 1. The van der Waals surface area contributed by atoms with Crippen molar-refractivity contribution in [3.63, 3.8) is 0 Å². The summed E-state index contributed by atoms with van der Waals surface area (Å²) in [7, 11) is 0. The minimum atomic E-state index is -0.0866. The molecule has 1 aliphatic carbocycles. The van der Waals surface area contributed by atoms with Crippen LogP contribution >= 0.6 is 0 Å². The molecular weight excluding hydrogens is 360 g/mol. The number of aryl methyl sites for hydroxylation is 1. The quantitative estimate of drug-likeness (QED) is 0.828. The van der Waals surface area contributed by atoms with Crippen LogP contribution in [0.1, 0.15) is 32.1 Å². The highest BCUT2D eigenvalue weighted by Crippen LogP contribution is 2.36. The van der Waals surface area contributed by atoms with E-state index in [1.54, 1.807) is 22.9 Å². The van der Waals surface area contributed by atoms with Crippen molar-refractivity contribution in [2.75, 3.05) is 6.79 Å². The van der Waals surface area contributed by atoms with E-state index in [9.17, 15) is 9.59 Å². The fourth-order valence-corrected chi connectivity index (χ4v) is 3.63. The first-order chi connectivity index (χ1) is 13.7. The van der Waals surface area contributed by atoms with Gasteiger partial charge < -0.3 is 24.1 Å². The van der Waals surface area contributed by atoms with Crippen molar-refractivity contribution in [2.45, 2.75) is 50.8 Å². The molecule has 0 atom stereocenters. The van der Waals surface area contributed by atoms with Gasteiger partial charge in [-0.2, -0.15) is 0 Å². The van der Waals surface area contributed by atoms with Crippen LogP contribution in [0.2, 0.25) is 0 Å². The van der Waals surface area contributed by atoms with Crippen LogP contribution < -0.4 is 25.1 Å². The number of ether oxygens (including phenoxy) is 3. The maximum absolute atomic E-state index is 12.2. The van der Waals surface area contributed by atoms with Crippen LogP contribution in [-0.4, -0.2) is 29.4 Å². The Bertz CT molecular complexity index is 886. The lowest BCUT2D eigenvalue weighted by molar-refractivity contribution is -0.122. The van der Waals surface area contributed by atoms with Crippen molar-refractivity contribution in [1.82, 2.24) is 9.88 Å². The molecule has 28 heavy (non-hydrogen) atoms. The second-order valence-corrected chi connectivity index (χ2v) is 7.16. The molecule has 1 N–H and O–H groups in total. The Morgan fingerprint density at radius 3 is 2.75 bits per heavy atom. The smallest absolute Gasteiger partial charge is 0.250 e. The Balaban J connectivity index is 1.20. The number of nitrogens with one attached hydrogen (secondary N) is 1. The number of amides is 1. The average molecular weight is 384 g/mol. The van der Waals surface area contributed by atoms with Crippen LogP contribution in [0, 0.1) is 0 Å². The number of rotatable bonds is 6. The standard InChI is InChI=1S/C21H24N2O5/c24-20(10-12-23-11-2-1-3-21(23)25)22-15-4-6-16(7-5-15)28-17-8-9-18-19(13-17)27-14-26-18/h1-3,8-9,11,13,15-16H,4-7,10,12,14H2,(H,22,24). The Morgan fingerprint density at radius 1 is 1.11 bits per heavy atom. The molecule has 0 saturated heterocycles. The Kier molecular flexibility index (Phi) is 5.50. The molecule has 2 heterocycles. The molecule has 1 aromatic carbocycles. The molecule has 2 aliphatic rings. The van der Waals surface area contributed by atoms with Gasteiger partial charge in [0, 0.05) is 37.3 Å². The number of pyridine rings is 1. The summed E-state index contributed by atoms with van der Waals surface area (Å²) >= 11 is 0. The summed E-state index contributed by atoms with van der Waals surface area (Å²) in [6.07, 6.45) is 5.68. The van der Waals surface area contributed by atoms with Crippen molar-refractivity contribution in [1.29, 1.82) is 0 Å². The van der Waals surface area contributed by atoms with Crippen molar-refractivity contribution >= 4 is 5.91 Å². The number of hydrogen-bond acceptors (Lipinski definition) is 5. The molecule has 7 heteroatoms. The number of nitrogens with zero attached hydrogens (tertiary/aromatic N) is 1. The number of carbonyl (C=O) groups is 1. The summed E-state index contributed by atoms with van der Waals surface area (Å²) in [6.45, 7) is 0.649. The SMILES string of the molecule is O=C(CCn1ccccc1=O)NC1CCC(Oc2ccc3c(c2)OCO3)CC1. The lowest BCUT2D eigenvalue weighted by Crippen LogP contribution is -2.40. The highest BCUT2D eigenvalue weighted by Gasteiger charge is 2.24. The van der Waals surface area contributed by atoms with Crippen LogP contribution in [0.25, 0.3) is 0 Å². The molecule has 1 amide bonds. The van der Waals surface area contributed by atoms with E-state index in [-0.39, 0.29) is 30.4 Å². The van der Waals surface area contributed by atoms with E-state index in [0.29, 0.717) is 13.0 Å². The van der Waals surface area contributed by atoms with Gasteiger partial charge in [-0.1, -0.05) is 6.07 Å². The zero-order valence-electron chi connectivity index (χ0n) is 15.6. The molecular formula is C21H24N2O5. The minimum Gasteiger partial charge on any atom is -0.490 e. The van der Waals surface area contributed by atoms with E-state index < -0.39 is 0 Å². The molecule has 1 fully saturated rings. The van der Waals surface area contributed by atoms with Gasteiger partial charge in [-0.3, -0.25) is 9.59 Å². The van der Waals surface area contributed by atoms with Gasteiger partial charge in [0.2, 0.25) is 12.7 Å². The van der Waals surface area contributed by atoms with Gasteiger partial charge in [0.25, 0.3) is 5.56 Å². The lowest BCUT2D eigenvalue weighted by atomic mass is 9.93. The normalized spacial score (nSPS) is 20.6. The summed E-state index contributed by atoms with van der Waals surface area (Å²) in [4.78, 5) is 23.9. The molecule has 4 rings (SSSR count). The van der Waals surface area contributed by atoms with Gasteiger partial charge >= 0.3 is 0 Å². The first kappa shape index (κ1) is 18.4. The molecule has 0 radical (unpaired) electrons. The Hall–Kier alpha value is -2.96. The second kappa shape index (κ2) is 8.37. The molecule has 7 nitrogen and oxygen atoms in total. The van der Waals surface area contributed by atoms with E-state index >= 15 is 0 Å². The lowest BCUT2D eigenvalue weighted by Gasteiger charge is -2.29. The third-order valence-electron chi connectivity index (χ3n) is 5.16. The predicted molar refractivity (Wildman–Crippen MR) is 103 cm³/mol. The molecule has 148 valence electrons. The average Bonchev–Trinajstić information content (AvgIpc) is 3.17. The summed E-state index contributed by atoms with van der Waals surface area (Å²) in [5.74, 6) is 2.23. The fraction of sp³-hybridized carbons (Fsp3) is 0.429. The van der Waals surface area contributed by atoms with Crippen LogP contribution in [0.5, 0.6) is 17.2 Å². The second-order valence-electron chi connectivity index (χ2n) is 7.16. The van der Waals surface area contributed by atoms with Gasteiger partial charge in [-0.05, 0) is 43.9 Å². The summed E-state index contributed by atoms with van der Waals surface area (Å²) in [5.41, 5.74) is -0.0866. The van der Waals surface area contributed by atoms with Gasteiger partial charge in [-0.15, -0.1) is 0 Å². The Labute approximate surface area is 163 Å². The molecule has 1 aromatic heterocycles. The van der Waals surface area contributed by atoms with Crippen LogP contribution in [-0.2, 0) is 11.3 Å². The van der Waals surface area contributed by atoms with Crippen molar-refractivity contribution in [2.24, 2.45) is 0 Å². The predicted octanol–water partition coefficient (Wildman–Crippen LogP) is 2.47. The maximum Gasteiger partial charge on any atom is 0.250 e. The van der Waals surface area contributed by atoms with Crippen LogP contribution in [0.15, 0.2) is 47.4 Å². The van der Waals surface area contributed by atoms with Gasteiger partial charge in [0.05, 0.1) is 6.10 Å². The molecule has 1 saturated carbocycles. The first-order valence-corrected chi connectivity index (χ1v) is 9.68. The van der Waals surface area contributed by atoms with E-state index in [1.165, 1.54) is 6.07 Å². The summed E-state index contributed by atoms with van der Waals surface area (Å²) in [6, 6.07) is 10.8. The van der Waals surface area contributed by atoms with Crippen molar-refractivity contribution in [3.8, 4) is 17.2 Å². The van der Waals surface area contributed by atoms with Crippen LogP contribution in [0.3, 0.4) is 0 Å². The number of benzene rings is 1. The zero-order chi connectivity index (χ0) is 19.3. The topological polar surface area (TPSA) is 78.8 Å². The third-order valence-corrected chi connectivity index (χ3v) is 5.16. The maximum atomic E-state index is 12.2. The first-order valence-electron chi connectivity index (χ1n) is 9.68. The molecule has 0 bridgehead atoms. The fourth-order valence-electron chi connectivity index (χ4n) is 3.63. The summed E-state index contributed by atoms with van der Waals surface area (Å²) < 4.78 is 18.3. The van der Waals surface area contributed by atoms with Gasteiger partial charge in [0.1, 0.15) is 5.75 Å². The Morgan fingerprint density at radius 2 is 1.93 bits per heavy atom. The monoisotopic (exact) mass is 384 g/mol. The molecule has 2 aromatic rings. The van der Waals surface area contributed by atoms with E-state index in [0.717, 1.165) is 42.9 Å². The van der Waals surface area contributed by atoms with E-state index in [2.05, 4.69) is 5.32 Å². The number of fused-ring (bicyclic) bond motifs is 1. The number of aromatic nitrogens is 1. The molecule has 0 unspecified atom stereocenters. The summed E-state index contributed by atoms with van der Waals surface area (Å²) in [5, 5.41) is 3.08. The number of carbonyl (C=O) groups excluding carboxylic acids is 1. The minimum absolute atomic E-state index is 0.0177. The van der Waals surface area contributed by atoms with Crippen molar-refractivity contribution < 1.29 is 19.0 Å². The van der Waals surface area contributed by atoms with Crippen LogP contribution in [0.4, 0.5) is 0 Å². The van der Waals surface area contributed by atoms with Gasteiger partial charge in [-0.25, -0.2) is 0 Å². The molecule has 1 aliphatic heterocycles. The molecule has 0 spiro atoms. The highest BCUT2D eigenvalue weighted by molar-refractivity contribution is 5.76. The van der Waals surface area contributed by atoms with E-state index in [4.69, 9.17) is 14.2 Å². The van der Waals surface area contributed by atoms with Crippen molar-refractivity contribution in [3.05, 3.63) is 52.9 Å². The largest absolute Gasteiger partial charge is 0.490 e. The third kappa shape index (κ3) is 4.47.